The average Bonchev–Trinajstić information content (AvgIpc) is 2.88. The van der Waals surface area contributed by atoms with Crippen LogP contribution in [0.4, 0.5) is 0 Å². The number of nitrogens with one attached hydrogen (secondary N) is 1. The highest BCUT2D eigenvalue weighted by Gasteiger charge is 2.15. The molecule has 2 aromatic rings. The molecule has 0 spiro atoms. The van der Waals surface area contributed by atoms with Gasteiger partial charge in [0.15, 0.2) is 5.16 Å². The molecule has 1 aromatic carbocycles. The summed E-state index contributed by atoms with van der Waals surface area (Å²) >= 11 is 1.10. The van der Waals surface area contributed by atoms with Crippen molar-refractivity contribution in [1.82, 2.24) is 14.9 Å². The molecule has 1 heterocycles. The highest BCUT2D eigenvalue weighted by molar-refractivity contribution is 7.99. The molecular formula is C14H15N3O3S. The van der Waals surface area contributed by atoms with E-state index in [0.29, 0.717) is 5.16 Å². The van der Waals surface area contributed by atoms with Gasteiger partial charge in [-0.1, -0.05) is 42.1 Å². The van der Waals surface area contributed by atoms with E-state index in [1.807, 2.05) is 30.3 Å². The lowest BCUT2D eigenvalue weighted by Gasteiger charge is -2.10. The van der Waals surface area contributed by atoms with Gasteiger partial charge in [-0.2, -0.15) is 0 Å². The van der Waals surface area contributed by atoms with E-state index in [2.05, 4.69) is 10.3 Å². The largest absolute Gasteiger partial charge is 0.481 e. The van der Waals surface area contributed by atoms with Gasteiger partial charge in [-0.25, -0.2) is 4.98 Å². The number of carboxylic acid groups (broad SMARTS) is 1. The summed E-state index contributed by atoms with van der Waals surface area (Å²) in [7, 11) is 1.56. The van der Waals surface area contributed by atoms with Crippen molar-refractivity contribution in [1.29, 1.82) is 0 Å². The molecule has 0 saturated carbocycles. The van der Waals surface area contributed by atoms with Gasteiger partial charge in [0.1, 0.15) is 6.54 Å². The molecular weight excluding hydrogens is 290 g/mol. The maximum absolute atomic E-state index is 11.7. The van der Waals surface area contributed by atoms with E-state index < -0.39 is 5.97 Å². The Hall–Kier alpha value is -2.28. The van der Waals surface area contributed by atoms with Crippen molar-refractivity contribution in [3.8, 4) is 11.3 Å². The Labute approximate surface area is 126 Å². The van der Waals surface area contributed by atoms with Gasteiger partial charge in [0, 0.05) is 7.05 Å². The molecule has 0 aliphatic rings. The quantitative estimate of drug-likeness (QED) is 0.790. The smallest absolute Gasteiger partial charge is 0.313 e. The van der Waals surface area contributed by atoms with Crippen LogP contribution >= 0.6 is 11.8 Å². The highest BCUT2D eigenvalue weighted by atomic mass is 32.2. The third-order valence-corrected chi connectivity index (χ3v) is 3.77. The summed E-state index contributed by atoms with van der Waals surface area (Å²) in [6.07, 6.45) is 1.66. The first-order valence-electron chi connectivity index (χ1n) is 6.28. The van der Waals surface area contributed by atoms with E-state index in [9.17, 15) is 9.59 Å². The molecule has 1 aromatic heterocycles. The number of aromatic nitrogens is 2. The van der Waals surface area contributed by atoms with Crippen LogP contribution in [0.5, 0.6) is 0 Å². The second-order valence-corrected chi connectivity index (χ2v) is 5.18. The summed E-state index contributed by atoms with van der Waals surface area (Å²) in [5, 5.41) is 11.9. The van der Waals surface area contributed by atoms with Gasteiger partial charge in [-0.3, -0.25) is 9.59 Å². The Bertz CT molecular complexity index is 640. The molecule has 0 atom stereocenters. The number of carbonyl (C=O) groups excluding carboxylic acids is 1. The number of rotatable bonds is 6. The Balaban J connectivity index is 2.36. The second kappa shape index (κ2) is 6.94. The van der Waals surface area contributed by atoms with Gasteiger partial charge in [0.2, 0.25) is 5.91 Å². The number of aliphatic carboxylic acids is 1. The van der Waals surface area contributed by atoms with Gasteiger partial charge in [0.05, 0.1) is 17.6 Å². The molecule has 2 rings (SSSR count). The summed E-state index contributed by atoms with van der Waals surface area (Å²) in [5.41, 5.74) is 1.71. The lowest BCUT2D eigenvalue weighted by molar-refractivity contribution is -0.133. The molecule has 0 saturated heterocycles. The van der Waals surface area contributed by atoms with Crippen LogP contribution in [0.25, 0.3) is 11.3 Å². The van der Waals surface area contributed by atoms with E-state index in [-0.39, 0.29) is 18.2 Å². The SMILES string of the molecule is CNC(=O)Cn1c(-c2ccccc2)cnc1SCC(=O)O. The fourth-order valence-corrected chi connectivity index (χ4v) is 2.51. The molecule has 0 fully saturated rings. The van der Waals surface area contributed by atoms with Crippen molar-refractivity contribution >= 4 is 23.6 Å². The fourth-order valence-electron chi connectivity index (χ4n) is 1.82. The Morgan fingerprint density at radius 2 is 2.05 bits per heavy atom. The van der Waals surface area contributed by atoms with E-state index in [4.69, 9.17) is 5.11 Å². The number of hydrogen-bond acceptors (Lipinski definition) is 4. The minimum absolute atomic E-state index is 0.0982. The summed E-state index contributed by atoms with van der Waals surface area (Å²) in [6, 6.07) is 9.54. The van der Waals surface area contributed by atoms with Crippen molar-refractivity contribution in [3.05, 3.63) is 36.5 Å². The monoisotopic (exact) mass is 305 g/mol. The zero-order valence-corrected chi connectivity index (χ0v) is 12.3. The zero-order valence-electron chi connectivity index (χ0n) is 11.4. The predicted octanol–water partition coefficient (Wildman–Crippen LogP) is 1.47. The van der Waals surface area contributed by atoms with Crippen LogP contribution in [0, 0.1) is 0 Å². The first kappa shape index (κ1) is 15.1. The molecule has 0 aliphatic heterocycles. The van der Waals surface area contributed by atoms with Crippen LogP contribution in [0.3, 0.4) is 0 Å². The zero-order chi connectivity index (χ0) is 15.2. The van der Waals surface area contributed by atoms with Crippen LogP contribution in [-0.4, -0.2) is 39.3 Å². The Morgan fingerprint density at radius 3 is 2.67 bits per heavy atom. The fraction of sp³-hybridized carbons (Fsp3) is 0.214. The van der Waals surface area contributed by atoms with Crippen molar-refractivity contribution in [3.63, 3.8) is 0 Å². The van der Waals surface area contributed by atoms with E-state index in [1.165, 1.54) is 0 Å². The molecule has 0 unspecified atom stereocenters. The summed E-state index contributed by atoms with van der Waals surface area (Å²) < 4.78 is 1.72. The number of amides is 1. The molecule has 1 amide bonds. The standard InChI is InChI=1S/C14H15N3O3S/c1-15-12(18)8-17-11(10-5-3-2-4-6-10)7-16-14(17)21-9-13(19)20/h2-7H,8-9H2,1H3,(H,15,18)(H,19,20). The summed E-state index contributed by atoms with van der Waals surface area (Å²) in [4.78, 5) is 26.6. The Morgan fingerprint density at radius 1 is 1.33 bits per heavy atom. The van der Waals surface area contributed by atoms with Crippen LogP contribution < -0.4 is 5.32 Å². The van der Waals surface area contributed by atoms with Crippen molar-refractivity contribution in [2.45, 2.75) is 11.7 Å². The molecule has 0 bridgehead atoms. The number of carboxylic acids is 1. The summed E-state index contributed by atoms with van der Waals surface area (Å²) in [5.74, 6) is -1.18. The number of imidazole rings is 1. The number of thioether (sulfide) groups is 1. The molecule has 0 radical (unpaired) electrons. The molecule has 6 nitrogen and oxygen atoms in total. The van der Waals surface area contributed by atoms with Crippen molar-refractivity contribution < 1.29 is 14.7 Å². The van der Waals surface area contributed by atoms with Gasteiger partial charge in [0.25, 0.3) is 0 Å². The Kier molecular flexibility index (Phi) is 4.99. The third-order valence-electron chi connectivity index (χ3n) is 2.79. The maximum atomic E-state index is 11.7. The lowest BCUT2D eigenvalue weighted by atomic mass is 10.2. The second-order valence-electron chi connectivity index (χ2n) is 4.23. The van der Waals surface area contributed by atoms with E-state index >= 15 is 0 Å². The third kappa shape index (κ3) is 3.85. The topological polar surface area (TPSA) is 84.2 Å². The van der Waals surface area contributed by atoms with Crippen molar-refractivity contribution in [2.24, 2.45) is 0 Å². The van der Waals surface area contributed by atoms with Crippen LogP contribution in [0.15, 0.2) is 41.7 Å². The average molecular weight is 305 g/mol. The van der Waals surface area contributed by atoms with Gasteiger partial charge >= 0.3 is 5.97 Å². The minimum atomic E-state index is -0.921. The molecule has 7 heteroatoms. The number of nitrogens with zero attached hydrogens (tertiary/aromatic N) is 2. The number of hydrogen-bond donors (Lipinski definition) is 2. The first-order valence-corrected chi connectivity index (χ1v) is 7.26. The van der Waals surface area contributed by atoms with Crippen LogP contribution in [0.1, 0.15) is 0 Å². The molecule has 2 N–H and O–H groups in total. The van der Waals surface area contributed by atoms with Gasteiger partial charge in [-0.05, 0) is 5.56 Å². The number of benzene rings is 1. The predicted molar refractivity (Wildman–Crippen MR) is 80.1 cm³/mol. The molecule has 110 valence electrons. The van der Waals surface area contributed by atoms with Crippen LogP contribution in [-0.2, 0) is 16.1 Å². The van der Waals surface area contributed by atoms with Crippen LogP contribution in [0.2, 0.25) is 0 Å². The van der Waals surface area contributed by atoms with E-state index in [0.717, 1.165) is 23.0 Å². The number of carbonyl (C=O) groups is 2. The highest BCUT2D eigenvalue weighted by Crippen LogP contribution is 2.25. The summed E-state index contributed by atoms with van der Waals surface area (Å²) in [6.45, 7) is 0.0999. The molecule has 0 aliphatic carbocycles. The van der Waals surface area contributed by atoms with Crippen molar-refractivity contribution in [2.75, 3.05) is 12.8 Å². The minimum Gasteiger partial charge on any atom is -0.481 e. The van der Waals surface area contributed by atoms with Gasteiger partial charge < -0.3 is 15.0 Å². The first-order chi connectivity index (χ1) is 10.1. The maximum Gasteiger partial charge on any atom is 0.313 e. The van der Waals surface area contributed by atoms with E-state index in [1.54, 1.807) is 17.8 Å². The molecule has 21 heavy (non-hydrogen) atoms. The number of likely N-dealkylation sites (N-methyl/N-ethyl adjacent to an activating group) is 1. The lowest BCUT2D eigenvalue weighted by Crippen LogP contribution is -2.24. The normalized spacial score (nSPS) is 10.3. The van der Waals surface area contributed by atoms with Gasteiger partial charge in [-0.15, -0.1) is 0 Å².